The van der Waals surface area contributed by atoms with Gasteiger partial charge >= 0.3 is 0 Å². The second-order valence-electron chi connectivity index (χ2n) is 5.33. The zero-order valence-corrected chi connectivity index (χ0v) is 10.2. The third-order valence-electron chi connectivity index (χ3n) is 4.07. The summed E-state index contributed by atoms with van der Waals surface area (Å²) in [5.41, 5.74) is 0. The minimum atomic E-state index is -0.123. The molecule has 0 spiro atoms. The molecule has 0 aromatic carbocycles. The Bertz CT molecular complexity index is 186. The molecule has 2 rings (SSSR count). The van der Waals surface area contributed by atoms with Crippen LogP contribution in [-0.4, -0.2) is 37.5 Å². The maximum Gasteiger partial charge on any atom is 0.0692 e. The first-order valence-corrected chi connectivity index (χ1v) is 6.83. The van der Waals surface area contributed by atoms with Crippen LogP contribution in [0.15, 0.2) is 0 Å². The standard InChI is InChI=1S/C13H25NO2/c15-13(12-3-1-2-4-12)10-14-9-11-5-7-16-8-6-11/h11-15H,1-10H2. The Labute approximate surface area is 98.6 Å². The Morgan fingerprint density at radius 2 is 1.81 bits per heavy atom. The summed E-state index contributed by atoms with van der Waals surface area (Å²) in [4.78, 5) is 0. The Hall–Kier alpha value is -0.120. The number of nitrogens with one attached hydrogen (secondary N) is 1. The molecule has 2 aliphatic rings. The van der Waals surface area contributed by atoms with Gasteiger partial charge in [-0.05, 0) is 44.1 Å². The lowest BCUT2D eigenvalue weighted by Crippen LogP contribution is -2.35. The van der Waals surface area contributed by atoms with Crippen molar-refractivity contribution in [2.24, 2.45) is 11.8 Å². The van der Waals surface area contributed by atoms with Crippen LogP contribution in [0.3, 0.4) is 0 Å². The molecule has 0 radical (unpaired) electrons. The molecule has 1 aliphatic carbocycles. The molecule has 3 nitrogen and oxygen atoms in total. The first kappa shape index (κ1) is 12.3. The molecule has 1 saturated carbocycles. The predicted octanol–water partition coefficient (Wildman–Crippen LogP) is 1.55. The van der Waals surface area contributed by atoms with Gasteiger partial charge in [-0.25, -0.2) is 0 Å². The topological polar surface area (TPSA) is 41.5 Å². The normalized spacial score (nSPS) is 26.1. The summed E-state index contributed by atoms with van der Waals surface area (Å²) >= 11 is 0. The molecule has 0 aromatic rings. The molecular weight excluding hydrogens is 202 g/mol. The van der Waals surface area contributed by atoms with Crippen LogP contribution in [0.25, 0.3) is 0 Å². The lowest BCUT2D eigenvalue weighted by molar-refractivity contribution is 0.0627. The van der Waals surface area contributed by atoms with Crippen molar-refractivity contribution in [2.45, 2.75) is 44.6 Å². The third kappa shape index (κ3) is 3.72. The van der Waals surface area contributed by atoms with E-state index in [0.717, 1.165) is 32.2 Å². The fourth-order valence-electron chi connectivity index (χ4n) is 2.89. The Balaban J connectivity index is 1.56. The lowest BCUT2D eigenvalue weighted by Gasteiger charge is -2.24. The maximum atomic E-state index is 9.99. The fraction of sp³-hybridized carbons (Fsp3) is 1.00. The number of hydrogen-bond donors (Lipinski definition) is 2. The van der Waals surface area contributed by atoms with Crippen molar-refractivity contribution >= 4 is 0 Å². The van der Waals surface area contributed by atoms with Gasteiger partial charge < -0.3 is 15.2 Å². The van der Waals surface area contributed by atoms with E-state index in [1.165, 1.54) is 38.5 Å². The molecule has 0 bridgehead atoms. The van der Waals surface area contributed by atoms with E-state index in [2.05, 4.69) is 5.32 Å². The van der Waals surface area contributed by atoms with Gasteiger partial charge in [-0.2, -0.15) is 0 Å². The Morgan fingerprint density at radius 3 is 2.50 bits per heavy atom. The summed E-state index contributed by atoms with van der Waals surface area (Å²) in [7, 11) is 0. The van der Waals surface area contributed by atoms with Crippen molar-refractivity contribution in [3.63, 3.8) is 0 Å². The molecule has 2 fully saturated rings. The first-order valence-electron chi connectivity index (χ1n) is 6.83. The summed E-state index contributed by atoms with van der Waals surface area (Å²) in [5.74, 6) is 1.31. The van der Waals surface area contributed by atoms with Gasteiger partial charge in [-0.1, -0.05) is 12.8 Å². The van der Waals surface area contributed by atoms with E-state index in [1.54, 1.807) is 0 Å². The van der Waals surface area contributed by atoms with E-state index in [9.17, 15) is 5.11 Å². The Morgan fingerprint density at radius 1 is 1.12 bits per heavy atom. The van der Waals surface area contributed by atoms with Gasteiger partial charge in [0.2, 0.25) is 0 Å². The number of aliphatic hydroxyl groups is 1. The van der Waals surface area contributed by atoms with E-state index in [-0.39, 0.29) is 6.10 Å². The molecular formula is C13H25NO2. The van der Waals surface area contributed by atoms with Crippen LogP contribution in [0.2, 0.25) is 0 Å². The zero-order valence-electron chi connectivity index (χ0n) is 10.2. The summed E-state index contributed by atoms with van der Waals surface area (Å²) in [5, 5.41) is 13.4. The second-order valence-corrected chi connectivity index (χ2v) is 5.33. The smallest absolute Gasteiger partial charge is 0.0692 e. The molecule has 3 heteroatoms. The number of hydrogen-bond acceptors (Lipinski definition) is 3. The average Bonchev–Trinajstić information content (AvgIpc) is 2.84. The average molecular weight is 227 g/mol. The number of rotatable bonds is 5. The van der Waals surface area contributed by atoms with Crippen molar-refractivity contribution < 1.29 is 9.84 Å². The molecule has 1 atom stereocenters. The van der Waals surface area contributed by atoms with Gasteiger partial charge in [0.1, 0.15) is 0 Å². The Kier molecular flexibility index (Phi) is 5.07. The van der Waals surface area contributed by atoms with E-state index in [4.69, 9.17) is 4.74 Å². The highest BCUT2D eigenvalue weighted by Gasteiger charge is 2.23. The van der Waals surface area contributed by atoms with Crippen molar-refractivity contribution in [2.75, 3.05) is 26.3 Å². The maximum absolute atomic E-state index is 9.99. The van der Waals surface area contributed by atoms with Crippen molar-refractivity contribution in [3.8, 4) is 0 Å². The van der Waals surface area contributed by atoms with Gasteiger partial charge in [0, 0.05) is 19.8 Å². The number of aliphatic hydroxyl groups excluding tert-OH is 1. The van der Waals surface area contributed by atoms with Crippen LogP contribution < -0.4 is 5.32 Å². The minimum absolute atomic E-state index is 0.123. The summed E-state index contributed by atoms with van der Waals surface area (Å²) < 4.78 is 5.33. The largest absolute Gasteiger partial charge is 0.392 e. The zero-order chi connectivity index (χ0) is 11.2. The summed E-state index contributed by atoms with van der Waals surface area (Å²) in [6.07, 6.45) is 7.28. The van der Waals surface area contributed by atoms with Crippen LogP contribution in [-0.2, 0) is 4.74 Å². The van der Waals surface area contributed by atoms with Crippen LogP contribution in [0.1, 0.15) is 38.5 Å². The minimum Gasteiger partial charge on any atom is -0.392 e. The predicted molar refractivity (Wildman–Crippen MR) is 64.4 cm³/mol. The lowest BCUT2D eigenvalue weighted by atomic mass is 9.99. The monoisotopic (exact) mass is 227 g/mol. The van der Waals surface area contributed by atoms with E-state index < -0.39 is 0 Å². The van der Waals surface area contributed by atoms with Gasteiger partial charge in [0.15, 0.2) is 0 Å². The second kappa shape index (κ2) is 6.58. The third-order valence-corrected chi connectivity index (χ3v) is 4.07. The van der Waals surface area contributed by atoms with Crippen LogP contribution >= 0.6 is 0 Å². The highest BCUT2D eigenvalue weighted by molar-refractivity contribution is 4.77. The van der Waals surface area contributed by atoms with Gasteiger partial charge in [-0.15, -0.1) is 0 Å². The first-order chi connectivity index (χ1) is 7.86. The quantitative estimate of drug-likeness (QED) is 0.749. The number of ether oxygens (including phenoxy) is 1. The molecule has 1 heterocycles. The van der Waals surface area contributed by atoms with Crippen molar-refractivity contribution in [3.05, 3.63) is 0 Å². The van der Waals surface area contributed by atoms with Crippen molar-refractivity contribution in [1.29, 1.82) is 0 Å². The van der Waals surface area contributed by atoms with Crippen LogP contribution in [0, 0.1) is 11.8 Å². The van der Waals surface area contributed by atoms with Gasteiger partial charge in [-0.3, -0.25) is 0 Å². The van der Waals surface area contributed by atoms with E-state index >= 15 is 0 Å². The molecule has 16 heavy (non-hydrogen) atoms. The van der Waals surface area contributed by atoms with E-state index in [0.29, 0.717) is 5.92 Å². The van der Waals surface area contributed by atoms with Crippen LogP contribution in [0.5, 0.6) is 0 Å². The molecule has 1 unspecified atom stereocenters. The highest BCUT2D eigenvalue weighted by atomic mass is 16.5. The SMILES string of the molecule is OC(CNCC1CCOCC1)C1CCCC1. The molecule has 1 aliphatic heterocycles. The molecule has 0 amide bonds. The van der Waals surface area contributed by atoms with Gasteiger partial charge in [0.25, 0.3) is 0 Å². The highest BCUT2D eigenvalue weighted by Crippen LogP contribution is 2.27. The van der Waals surface area contributed by atoms with Crippen molar-refractivity contribution in [1.82, 2.24) is 5.32 Å². The van der Waals surface area contributed by atoms with Gasteiger partial charge in [0.05, 0.1) is 6.10 Å². The molecule has 1 saturated heterocycles. The molecule has 0 aromatic heterocycles. The molecule has 94 valence electrons. The summed E-state index contributed by atoms with van der Waals surface area (Å²) in [6, 6.07) is 0. The molecule has 2 N–H and O–H groups in total. The van der Waals surface area contributed by atoms with Crippen LogP contribution in [0.4, 0.5) is 0 Å². The summed E-state index contributed by atoms with van der Waals surface area (Å²) in [6.45, 7) is 3.66. The fourth-order valence-corrected chi connectivity index (χ4v) is 2.89. The van der Waals surface area contributed by atoms with E-state index in [1.807, 2.05) is 0 Å².